The van der Waals surface area contributed by atoms with Crippen molar-refractivity contribution in [3.63, 3.8) is 0 Å². The highest BCUT2D eigenvalue weighted by atomic mass is 16.5. The quantitative estimate of drug-likeness (QED) is 0.348. The second kappa shape index (κ2) is 16.2. The summed E-state index contributed by atoms with van der Waals surface area (Å²) in [5.41, 5.74) is 0. The molecular weight excluding hydrogens is 292 g/mol. The largest absolute Gasteiger partial charge is 0.464 e. The molecule has 0 rings (SSSR count). The van der Waals surface area contributed by atoms with Gasteiger partial charge in [-0.3, -0.25) is 9.69 Å². The Labute approximate surface area is 143 Å². The molecule has 23 heavy (non-hydrogen) atoms. The number of carbonyl (C=O) groups is 1. The molecule has 0 fully saturated rings. The number of carbonyl (C=O) groups excluding carboxylic acids is 1. The summed E-state index contributed by atoms with van der Waals surface area (Å²) in [6, 6.07) is 0. The van der Waals surface area contributed by atoms with Crippen LogP contribution in [0, 0.1) is 0 Å². The highest BCUT2D eigenvalue weighted by Crippen LogP contribution is 2.05. The van der Waals surface area contributed by atoms with E-state index < -0.39 is 0 Å². The van der Waals surface area contributed by atoms with Crippen LogP contribution < -0.4 is 0 Å². The Morgan fingerprint density at radius 2 is 1.52 bits per heavy atom. The summed E-state index contributed by atoms with van der Waals surface area (Å²) >= 11 is 0. The molecule has 0 aliphatic heterocycles. The number of aliphatic hydroxyl groups is 1. The van der Waals surface area contributed by atoms with Crippen molar-refractivity contribution < 1.29 is 14.6 Å². The second-order valence-corrected chi connectivity index (χ2v) is 5.98. The third-order valence-electron chi connectivity index (χ3n) is 4.20. The van der Waals surface area contributed by atoms with E-state index in [0.717, 1.165) is 39.0 Å². The van der Waals surface area contributed by atoms with E-state index in [1.54, 1.807) is 0 Å². The average Bonchev–Trinajstić information content (AvgIpc) is 2.55. The topological polar surface area (TPSA) is 53.0 Å². The summed E-state index contributed by atoms with van der Waals surface area (Å²) in [6.45, 7) is 12.4. The molecule has 138 valence electrons. The molecule has 0 aromatic carbocycles. The number of ether oxygens (including phenoxy) is 1. The molecule has 0 amide bonds. The summed E-state index contributed by atoms with van der Waals surface area (Å²) in [7, 11) is 0. The highest BCUT2D eigenvalue weighted by Gasteiger charge is 2.08. The fraction of sp³-hybridized carbons (Fsp3) is 0.944. The van der Waals surface area contributed by atoms with Crippen molar-refractivity contribution in [3.8, 4) is 0 Å². The summed E-state index contributed by atoms with van der Waals surface area (Å²) < 4.78 is 5.31. The normalized spacial score (nSPS) is 11.4. The molecule has 0 saturated heterocycles. The van der Waals surface area contributed by atoms with Crippen LogP contribution in [0.15, 0.2) is 0 Å². The van der Waals surface area contributed by atoms with Crippen LogP contribution in [0.5, 0.6) is 0 Å². The monoisotopic (exact) mass is 330 g/mol. The molecule has 0 aliphatic carbocycles. The number of esters is 1. The van der Waals surface area contributed by atoms with Gasteiger partial charge in [-0.05, 0) is 19.5 Å². The minimum absolute atomic E-state index is 0.0887. The molecular formula is C18H38N2O3. The molecule has 5 nitrogen and oxygen atoms in total. The maximum atomic E-state index is 11.7. The molecule has 0 saturated carbocycles. The zero-order valence-corrected chi connectivity index (χ0v) is 15.6. The minimum Gasteiger partial charge on any atom is -0.464 e. The van der Waals surface area contributed by atoms with Crippen LogP contribution in [-0.4, -0.2) is 73.4 Å². The minimum atomic E-state index is -0.0887. The Morgan fingerprint density at radius 1 is 0.870 bits per heavy atom. The molecule has 0 spiro atoms. The van der Waals surface area contributed by atoms with Crippen molar-refractivity contribution in [1.82, 2.24) is 9.80 Å². The third kappa shape index (κ3) is 13.5. The number of likely N-dealkylation sites (N-methyl/N-ethyl adjacent to an activating group) is 1. The smallest absolute Gasteiger partial charge is 0.305 e. The van der Waals surface area contributed by atoms with E-state index in [1.165, 1.54) is 19.3 Å². The van der Waals surface area contributed by atoms with Crippen LogP contribution >= 0.6 is 0 Å². The Hall–Kier alpha value is -0.650. The van der Waals surface area contributed by atoms with Gasteiger partial charge in [-0.25, -0.2) is 0 Å². The lowest BCUT2D eigenvalue weighted by Gasteiger charge is -2.25. The van der Waals surface area contributed by atoms with Gasteiger partial charge in [0.2, 0.25) is 0 Å². The summed E-state index contributed by atoms with van der Waals surface area (Å²) in [5.74, 6) is -0.0887. The van der Waals surface area contributed by atoms with Crippen LogP contribution in [-0.2, 0) is 9.53 Å². The van der Waals surface area contributed by atoms with E-state index in [1.807, 2.05) is 0 Å². The van der Waals surface area contributed by atoms with Gasteiger partial charge in [0.05, 0.1) is 6.61 Å². The molecule has 5 heteroatoms. The van der Waals surface area contributed by atoms with Gasteiger partial charge >= 0.3 is 5.97 Å². The van der Waals surface area contributed by atoms with Gasteiger partial charge in [0.25, 0.3) is 0 Å². The summed E-state index contributed by atoms with van der Waals surface area (Å²) in [6.07, 6.45) is 6.25. The summed E-state index contributed by atoms with van der Waals surface area (Å²) in [5, 5.41) is 9.15. The maximum absolute atomic E-state index is 11.7. The maximum Gasteiger partial charge on any atom is 0.305 e. The average molecular weight is 331 g/mol. The van der Waals surface area contributed by atoms with Crippen molar-refractivity contribution in [2.75, 3.05) is 52.5 Å². The first-order valence-corrected chi connectivity index (χ1v) is 9.39. The Balaban J connectivity index is 3.78. The van der Waals surface area contributed by atoms with Crippen molar-refractivity contribution in [1.29, 1.82) is 0 Å². The van der Waals surface area contributed by atoms with Gasteiger partial charge in [-0.15, -0.1) is 0 Å². The second-order valence-electron chi connectivity index (χ2n) is 5.98. The van der Waals surface area contributed by atoms with Gasteiger partial charge in [-0.2, -0.15) is 0 Å². The zero-order chi connectivity index (χ0) is 17.3. The molecule has 0 heterocycles. The predicted molar refractivity (Wildman–Crippen MR) is 95.6 cm³/mol. The van der Waals surface area contributed by atoms with Crippen LogP contribution in [0.2, 0.25) is 0 Å². The van der Waals surface area contributed by atoms with Crippen LogP contribution in [0.25, 0.3) is 0 Å². The number of nitrogens with zero attached hydrogens (tertiary/aromatic N) is 2. The third-order valence-corrected chi connectivity index (χ3v) is 4.20. The zero-order valence-electron chi connectivity index (χ0n) is 15.6. The number of aliphatic hydroxyl groups excluding tert-OH is 1. The van der Waals surface area contributed by atoms with Gasteiger partial charge < -0.3 is 14.7 Å². The van der Waals surface area contributed by atoms with E-state index >= 15 is 0 Å². The van der Waals surface area contributed by atoms with Crippen LogP contribution in [0.3, 0.4) is 0 Å². The van der Waals surface area contributed by atoms with E-state index in [9.17, 15) is 4.79 Å². The number of unbranched alkanes of at least 4 members (excludes halogenated alkanes) is 4. The molecule has 0 atom stereocenters. The fourth-order valence-corrected chi connectivity index (χ4v) is 2.53. The van der Waals surface area contributed by atoms with Crippen LogP contribution in [0.1, 0.15) is 59.3 Å². The lowest BCUT2D eigenvalue weighted by molar-refractivity contribution is -0.144. The number of hydrogen-bond donors (Lipinski definition) is 1. The highest BCUT2D eigenvalue weighted by molar-refractivity contribution is 5.69. The predicted octanol–water partition coefficient (Wildman–Crippen LogP) is 2.53. The van der Waals surface area contributed by atoms with E-state index in [-0.39, 0.29) is 12.6 Å². The summed E-state index contributed by atoms with van der Waals surface area (Å²) in [4.78, 5) is 16.2. The molecule has 1 N–H and O–H groups in total. The Morgan fingerprint density at radius 3 is 2.13 bits per heavy atom. The van der Waals surface area contributed by atoms with E-state index in [0.29, 0.717) is 26.1 Å². The fourth-order valence-electron chi connectivity index (χ4n) is 2.53. The molecule has 0 radical (unpaired) electrons. The van der Waals surface area contributed by atoms with E-state index in [2.05, 4.69) is 30.6 Å². The van der Waals surface area contributed by atoms with Gasteiger partial charge in [0.1, 0.15) is 6.61 Å². The lowest BCUT2D eigenvalue weighted by Crippen LogP contribution is -2.38. The molecule has 0 aliphatic rings. The molecule has 0 aromatic rings. The molecule has 0 unspecified atom stereocenters. The first-order valence-electron chi connectivity index (χ1n) is 9.39. The first kappa shape index (κ1) is 22.4. The van der Waals surface area contributed by atoms with Gasteiger partial charge in [0, 0.05) is 32.6 Å². The van der Waals surface area contributed by atoms with Crippen LogP contribution in [0.4, 0.5) is 0 Å². The number of hydrogen-bond acceptors (Lipinski definition) is 5. The van der Waals surface area contributed by atoms with Crippen molar-refractivity contribution in [3.05, 3.63) is 0 Å². The van der Waals surface area contributed by atoms with Crippen molar-refractivity contribution in [2.24, 2.45) is 0 Å². The van der Waals surface area contributed by atoms with E-state index in [4.69, 9.17) is 9.84 Å². The standard InChI is InChI=1S/C18H38N2O3/c1-4-7-8-9-10-11-18(22)23-17-15-20(14-16-21)13-12-19(5-2)6-3/h21H,4-17H2,1-3H3. The Bertz CT molecular complexity index is 271. The molecule has 0 aromatic heterocycles. The lowest BCUT2D eigenvalue weighted by atomic mass is 10.1. The van der Waals surface area contributed by atoms with Crippen molar-refractivity contribution in [2.45, 2.75) is 59.3 Å². The van der Waals surface area contributed by atoms with Gasteiger partial charge in [0.15, 0.2) is 0 Å². The molecule has 0 bridgehead atoms. The van der Waals surface area contributed by atoms with Gasteiger partial charge in [-0.1, -0.05) is 46.5 Å². The number of rotatable bonds is 16. The SMILES string of the molecule is CCCCCCCC(=O)OCCN(CCO)CCN(CC)CC. The Kier molecular flexibility index (Phi) is 15.8. The first-order chi connectivity index (χ1) is 11.2. The van der Waals surface area contributed by atoms with Crippen molar-refractivity contribution >= 4 is 5.97 Å².